The second-order valence-electron chi connectivity index (χ2n) is 18.7. The van der Waals surface area contributed by atoms with Crippen molar-refractivity contribution in [1.82, 2.24) is 39.3 Å². The molecule has 6 heterocycles. The molecule has 0 bridgehead atoms. The summed E-state index contributed by atoms with van der Waals surface area (Å²) in [5.74, 6) is 1.55. The molecule has 1 N–H and O–H groups in total. The van der Waals surface area contributed by atoms with Crippen molar-refractivity contribution in [3.8, 4) is 33.9 Å². The smallest absolute Gasteiger partial charge is 0.410 e. The summed E-state index contributed by atoms with van der Waals surface area (Å²) in [7, 11) is -1.29. The normalized spacial score (nSPS) is 17.7. The molecule has 0 radical (unpaired) electrons. The number of hydrogen-bond acceptors (Lipinski definition) is 9. The molecule has 2 aliphatic heterocycles. The molecule has 4 aromatic heterocycles. The minimum Gasteiger partial charge on any atom is -0.444 e. The van der Waals surface area contributed by atoms with Gasteiger partial charge in [-0.25, -0.2) is 19.6 Å². The van der Waals surface area contributed by atoms with Crippen LogP contribution in [0.1, 0.15) is 91.0 Å². The number of ether oxygens (including phenoxy) is 3. The lowest BCUT2D eigenvalue weighted by molar-refractivity contribution is 0.0199. The van der Waals surface area contributed by atoms with E-state index in [9.17, 15) is 9.59 Å². The number of imidazole rings is 2. The number of fused-ring (bicyclic) bond motifs is 1. The third-order valence-corrected chi connectivity index (χ3v) is 12.1. The van der Waals surface area contributed by atoms with Crippen LogP contribution in [0.2, 0.25) is 25.7 Å². The molecule has 2 amide bonds. The van der Waals surface area contributed by atoms with Crippen molar-refractivity contribution in [1.29, 1.82) is 0 Å². The maximum absolute atomic E-state index is 13.3. The second-order valence-corrected chi connectivity index (χ2v) is 24.3. The first-order chi connectivity index (χ1) is 27.4. The number of amides is 2. The Balaban J connectivity index is 1.10. The van der Waals surface area contributed by atoms with Gasteiger partial charge < -0.3 is 23.8 Å². The number of benzene rings is 1. The van der Waals surface area contributed by atoms with Crippen molar-refractivity contribution in [3.05, 3.63) is 72.8 Å². The Labute approximate surface area is 342 Å². The van der Waals surface area contributed by atoms with Crippen molar-refractivity contribution >= 4 is 31.0 Å². The topological polar surface area (TPSA) is 141 Å². The number of H-pyrrole nitrogens is 1. The van der Waals surface area contributed by atoms with Gasteiger partial charge in [-0.05, 0) is 103 Å². The van der Waals surface area contributed by atoms with Crippen LogP contribution in [0.4, 0.5) is 9.59 Å². The van der Waals surface area contributed by atoms with Crippen LogP contribution < -0.4 is 0 Å². The highest BCUT2D eigenvalue weighted by Crippen LogP contribution is 2.37. The Kier molecular flexibility index (Phi) is 11.5. The quantitative estimate of drug-likeness (QED) is 0.108. The summed E-state index contributed by atoms with van der Waals surface area (Å²) in [4.78, 5) is 52.3. The molecule has 7 rings (SSSR count). The molecule has 2 fully saturated rings. The number of pyridine rings is 2. The number of rotatable bonds is 10. The fraction of sp³-hybridized carbons (Fsp3) is 0.500. The molecular weight excluding hydrogens is 749 g/mol. The number of carbonyl (C=O) groups is 2. The molecule has 0 saturated carbocycles. The Hall–Kier alpha value is -5.08. The monoisotopic (exact) mass is 806 g/mol. The Morgan fingerprint density at radius 1 is 0.741 bits per heavy atom. The number of hydrogen-bond donors (Lipinski definition) is 1. The number of aromatic nitrogens is 6. The molecule has 308 valence electrons. The van der Waals surface area contributed by atoms with Gasteiger partial charge in [0.1, 0.15) is 29.6 Å². The summed E-state index contributed by atoms with van der Waals surface area (Å²) in [6.45, 7) is 20.6. The van der Waals surface area contributed by atoms with E-state index < -0.39 is 19.3 Å². The fourth-order valence-corrected chi connectivity index (χ4v) is 8.28. The van der Waals surface area contributed by atoms with Gasteiger partial charge in [0.15, 0.2) is 0 Å². The van der Waals surface area contributed by atoms with Gasteiger partial charge in [-0.15, -0.1) is 0 Å². The van der Waals surface area contributed by atoms with E-state index in [1.54, 1.807) is 11.1 Å². The van der Waals surface area contributed by atoms with Gasteiger partial charge in [-0.3, -0.25) is 19.8 Å². The number of nitrogens with zero attached hydrogens (tertiary/aromatic N) is 7. The van der Waals surface area contributed by atoms with E-state index in [0.717, 1.165) is 88.1 Å². The maximum Gasteiger partial charge on any atom is 0.410 e. The predicted octanol–water partition coefficient (Wildman–Crippen LogP) is 10.0. The number of nitrogens with one attached hydrogen (secondary N) is 1. The highest BCUT2D eigenvalue weighted by Gasteiger charge is 2.37. The van der Waals surface area contributed by atoms with Crippen LogP contribution in [-0.2, 0) is 20.9 Å². The lowest BCUT2D eigenvalue weighted by Crippen LogP contribution is -2.37. The maximum atomic E-state index is 13.3. The van der Waals surface area contributed by atoms with Crippen LogP contribution >= 0.6 is 0 Å². The van der Waals surface area contributed by atoms with E-state index in [-0.39, 0.29) is 24.3 Å². The summed E-state index contributed by atoms with van der Waals surface area (Å²) < 4.78 is 19.9. The molecule has 2 unspecified atom stereocenters. The molecule has 0 aliphatic carbocycles. The average Bonchev–Trinajstić information content (AvgIpc) is 3.98. The average molecular weight is 807 g/mol. The summed E-state index contributed by atoms with van der Waals surface area (Å²) in [6, 6.07) is 13.1. The van der Waals surface area contributed by atoms with Gasteiger partial charge in [-0.1, -0.05) is 31.8 Å². The zero-order valence-corrected chi connectivity index (χ0v) is 36.5. The second kappa shape index (κ2) is 16.3. The van der Waals surface area contributed by atoms with E-state index in [2.05, 4.69) is 58.4 Å². The van der Waals surface area contributed by atoms with Crippen LogP contribution in [0.3, 0.4) is 0 Å². The fourth-order valence-electron chi connectivity index (χ4n) is 7.52. The summed E-state index contributed by atoms with van der Waals surface area (Å²) in [5, 5.41) is 2.02. The van der Waals surface area contributed by atoms with Crippen molar-refractivity contribution in [2.45, 2.75) is 123 Å². The first-order valence-corrected chi connectivity index (χ1v) is 24.2. The minimum absolute atomic E-state index is 0.157. The number of aromatic amines is 1. The van der Waals surface area contributed by atoms with E-state index in [1.807, 2.05) is 77.2 Å². The van der Waals surface area contributed by atoms with Crippen LogP contribution in [0.25, 0.3) is 44.7 Å². The number of carbonyl (C=O) groups excluding carboxylic acids is 2. The Morgan fingerprint density at radius 2 is 1.40 bits per heavy atom. The van der Waals surface area contributed by atoms with Gasteiger partial charge in [0.2, 0.25) is 0 Å². The predicted molar refractivity (Wildman–Crippen MR) is 228 cm³/mol. The van der Waals surface area contributed by atoms with Gasteiger partial charge in [-0.2, -0.15) is 0 Å². The van der Waals surface area contributed by atoms with Gasteiger partial charge in [0.05, 0.1) is 47.3 Å². The first kappa shape index (κ1) is 41.1. The highest BCUT2D eigenvalue weighted by atomic mass is 28.3. The third-order valence-electron chi connectivity index (χ3n) is 10.4. The Morgan fingerprint density at radius 3 is 2.05 bits per heavy atom. The zero-order valence-electron chi connectivity index (χ0n) is 35.5. The van der Waals surface area contributed by atoms with Gasteiger partial charge in [0.25, 0.3) is 0 Å². The molecule has 58 heavy (non-hydrogen) atoms. The van der Waals surface area contributed by atoms with Crippen molar-refractivity contribution in [2.75, 3.05) is 19.7 Å². The van der Waals surface area contributed by atoms with Crippen LogP contribution in [0, 0.1) is 0 Å². The molecule has 2 aliphatic rings. The molecular formula is C44H58N8O5Si. The van der Waals surface area contributed by atoms with Crippen molar-refractivity contribution in [3.63, 3.8) is 0 Å². The van der Waals surface area contributed by atoms with Crippen molar-refractivity contribution < 1.29 is 23.8 Å². The first-order valence-electron chi connectivity index (χ1n) is 20.5. The largest absolute Gasteiger partial charge is 0.444 e. The van der Waals surface area contributed by atoms with Crippen LogP contribution in [-0.4, -0.2) is 90.4 Å². The highest BCUT2D eigenvalue weighted by molar-refractivity contribution is 6.76. The molecule has 14 heteroatoms. The summed E-state index contributed by atoms with van der Waals surface area (Å²) in [6.07, 6.45) is 10.2. The molecule has 2 atom stereocenters. The molecule has 1 aromatic carbocycles. The molecule has 5 aromatic rings. The number of likely N-dealkylation sites (tertiary alicyclic amines) is 2. The molecule has 0 spiro atoms. The van der Waals surface area contributed by atoms with E-state index in [0.29, 0.717) is 26.4 Å². The van der Waals surface area contributed by atoms with Crippen LogP contribution in [0.15, 0.2) is 61.2 Å². The summed E-state index contributed by atoms with van der Waals surface area (Å²) in [5.41, 5.74) is 4.02. The lowest BCUT2D eigenvalue weighted by Gasteiger charge is -2.29. The van der Waals surface area contributed by atoms with E-state index in [4.69, 9.17) is 29.2 Å². The van der Waals surface area contributed by atoms with E-state index in [1.165, 1.54) is 0 Å². The zero-order chi connectivity index (χ0) is 41.4. The lowest BCUT2D eigenvalue weighted by atomic mass is 10.1. The van der Waals surface area contributed by atoms with Crippen molar-refractivity contribution in [2.24, 2.45) is 0 Å². The van der Waals surface area contributed by atoms with Crippen LogP contribution in [0.5, 0.6) is 0 Å². The molecule has 13 nitrogen and oxygen atoms in total. The standard InChI is InChI=1S/C44H58N8O5Si/c1-43(2,3)56-41(53)50-18-10-12-36(50)39-47-26-35(49-39)31-16-17-33(45-24-31)34-23-29-14-15-30(22-32(29)25-46-34)38-27-48-40(52(38)28-55-20-21-58(7,8)9)37-13-11-19-51(37)42(54)57-44(4,5)6/h14-17,22-27,36-37H,10-13,18-21,28H2,1-9H3,(H,47,49). The Bertz CT molecular complexity index is 2250. The third kappa shape index (κ3) is 9.61. The van der Waals surface area contributed by atoms with Gasteiger partial charge in [0, 0.05) is 56.7 Å². The SMILES string of the molecule is CC(C)(C)OC(=O)N1CCCC1c1ncc(-c2ccc(-c3cc4ccc(-c5cnc(C6CCCN6C(=O)OC(C)(C)C)n5COCC[Si](C)(C)C)cc4cn3)nc2)[nH]1. The van der Waals surface area contributed by atoms with E-state index >= 15 is 0 Å². The van der Waals surface area contributed by atoms with Gasteiger partial charge >= 0.3 is 12.2 Å². The summed E-state index contributed by atoms with van der Waals surface area (Å²) >= 11 is 0. The molecule has 2 saturated heterocycles. The minimum atomic E-state index is -1.29.